The fraction of sp³-hybridized carbons (Fsp3) is 1.00. The number of hydrogen-bond acceptors (Lipinski definition) is 2. The smallest absolute Gasteiger partial charge is 0.0687 e. The molecule has 2 saturated carbocycles. The molecule has 1 heterocycles. The third-order valence-electron chi connectivity index (χ3n) is 6.86. The molecule has 0 radical (unpaired) electrons. The van der Waals surface area contributed by atoms with E-state index in [0.29, 0.717) is 16.9 Å². The van der Waals surface area contributed by atoms with E-state index in [1.807, 2.05) is 0 Å². The molecule has 0 aromatic heterocycles. The van der Waals surface area contributed by atoms with E-state index in [1.165, 1.54) is 77.0 Å². The second kappa shape index (κ2) is 5.85. The molecule has 1 unspecified atom stereocenters. The van der Waals surface area contributed by atoms with Crippen molar-refractivity contribution in [2.24, 2.45) is 16.6 Å². The van der Waals surface area contributed by atoms with Crippen LogP contribution in [0.5, 0.6) is 0 Å². The van der Waals surface area contributed by atoms with E-state index in [2.05, 4.69) is 13.8 Å². The van der Waals surface area contributed by atoms with E-state index in [-0.39, 0.29) is 5.60 Å². The van der Waals surface area contributed by atoms with Gasteiger partial charge in [0.1, 0.15) is 0 Å². The third-order valence-corrected chi connectivity index (χ3v) is 6.86. The molecule has 0 amide bonds. The highest BCUT2D eigenvalue weighted by Crippen LogP contribution is 2.50. The minimum Gasteiger partial charge on any atom is -0.372 e. The molecule has 2 aliphatic carbocycles. The molecule has 122 valence electrons. The highest BCUT2D eigenvalue weighted by Gasteiger charge is 2.45. The summed E-state index contributed by atoms with van der Waals surface area (Å²) in [6.45, 7) is 5.68. The van der Waals surface area contributed by atoms with Crippen molar-refractivity contribution in [1.82, 2.24) is 0 Å². The van der Waals surface area contributed by atoms with Gasteiger partial charge in [-0.05, 0) is 75.2 Å². The molecule has 0 aromatic carbocycles. The minimum absolute atomic E-state index is 0.270. The average Bonchev–Trinajstić information content (AvgIpc) is 2.85. The lowest BCUT2D eigenvalue weighted by molar-refractivity contribution is -0.0818. The second-order valence-corrected chi connectivity index (χ2v) is 9.09. The highest BCUT2D eigenvalue weighted by molar-refractivity contribution is 4.96. The van der Waals surface area contributed by atoms with Crippen molar-refractivity contribution < 1.29 is 4.74 Å². The van der Waals surface area contributed by atoms with Gasteiger partial charge < -0.3 is 10.5 Å². The van der Waals surface area contributed by atoms with E-state index in [0.717, 1.165) is 6.54 Å². The molecular weight excluding hydrogens is 258 g/mol. The van der Waals surface area contributed by atoms with Gasteiger partial charge in [-0.25, -0.2) is 0 Å². The Morgan fingerprint density at radius 3 is 2.19 bits per heavy atom. The van der Waals surface area contributed by atoms with Crippen molar-refractivity contribution in [3.8, 4) is 0 Å². The lowest BCUT2D eigenvalue weighted by atomic mass is 9.63. The average molecular weight is 293 g/mol. The molecule has 1 atom stereocenters. The molecule has 1 aliphatic heterocycles. The first-order valence-corrected chi connectivity index (χ1v) is 9.35. The number of hydrogen-bond donors (Lipinski definition) is 1. The van der Waals surface area contributed by atoms with Crippen LogP contribution < -0.4 is 5.73 Å². The van der Waals surface area contributed by atoms with Gasteiger partial charge in [0.15, 0.2) is 0 Å². The first kappa shape index (κ1) is 15.8. The number of ether oxygens (including phenoxy) is 1. The van der Waals surface area contributed by atoms with Crippen LogP contribution in [-0.4, -0.2) is 18.2 Å². The lowest BCUT2D eigenvalue weighted by Gasteiger charge is -2.44. The van der Waals surface area contributed by atoms with Crippen LogP contribution in [0.15, 0.2) is 0 Å². The number of nitrogens with two attached hydrogens (primary N) is 1. The lowest BCUT2D eigenvalue weighted by Crippen LogP contribution is -2.40. The first-order chi connectivity index (χ1) is 9.97. The molecule has 21 heavy (non-hydrogen) atoms. The van der Waals surface area contributed by atoms with E-state index in [4.69, 9.17) is 10.5 Å². The Hall–Kier alpha value is -0.0800. The van der Waals surface area contributed by atoms with Gasteiger partial charge in [0.25, 0.3) is 0 Å². The van der Waals surface area contributed by atoms with Gasteiger partial charge in [0.2, 0.25) is 0 Å². The normalized spacial score (nSPS) is 34.1. The van der Waals surface area contributed by atoms with E-state index < -0.39 is 0 Å². The summed E-state index contributed by atoms with van der Waals surface area (Å²) in [5.74, 6) is 0. The molecule has 3 rings (SSSR count). The van der Waals surface area contributed by atoms with E-state index >= 15 is 0 Å². The minimum atomic E-state index is 0.270. The van der Waals surface area contributed by atoms with Crippen LogP contribution in [0.25, 0.3) is 0 Å². The van der Waals surface area contributed by atoms with Gasteiger partial charge in [-0.15, -0.1) is 0 Å². The van der Waals surface area contributed by atoms with Gasteiger partial charge in [0, 0.05) is 0 Å². The zero-order chi connectivity index (χ0) is 15.0. The Morgan fingerprint density at radius 2 is 1.57 bits per heavy atom. The Kier molecular flexibility index (Phi) is 4.40. The van der Waals surface area contributed by atoms with Gasteiger partial charge in [0.05, 0.1) is 11.7 Å². The predicted molar refractivity (Wildman–Crippen MR) is 88.3 cm³/mol. The van der Waals surface area contributed by atoms with Crippen LogP contribution in [0.2, 0.25) is 0 Å². The molecule has 0 bridgehead atoms. The topological polar surface area (TPSA) is 35.2 Å². The van der Waals surface area contributed by atoms with Crippen LogP contribution in [0, 0.1) is 10.8 Å². The first-order valence-electron chi connectivity index (χ1n) is 9.35. The molecule has 1 saturated heterocycles. The van der Waals surface area contributed by atoms with Crippen LogP contribution in [0.4, 0.5) is 0 Å². The Balaban J connectivity index is 1.58. The summed E-state index contributed by atoms with van der Waals surface area (Å²) >= 11 is 0. The zero-order valence-electron chi connectivity index (χ0n) is 14.3. The highest BCUT2D eigenvalue weighted by atomic mass is 16.5. The second-order valence-electron chi connectivity index (χ2n) is 9.09. The van der Waals surface area contributed by atoms with Crippen LogP contribution in [-0.2, 0) is 4.74 Å². The molecular formula is C19H35NO. The van der Waals surface area contributed by atoms with Crippen molar-refractivity contribution in [3.05, 3.63) is 0 Å². The number of rotatable bonds is 3. The van der Waals surface area contributed by atoms with Gasteiger partial charge in [-0.3, -0.25) is 0 Å². The molecule has 3 fully saturated rings. The van der Waals surface area contributed by atoms with Crippen molar-refractivity contribution in [3.63, 3.8) is 0 Å². The van der Waals surface area contributed by atoms with Crippen LogP contribution in [0.1, 0.15) is 90.9 Å². The Bertz CT molecular complexity index is 347. The molecule has 2 heteroatoms. The summed E-state index contributed by atoms with van der Waals surface area (Å²) in [5.41, 5.74) is 7.39. The van der Waals surface area contributed by atoms with Crippen molar-refractivity contribution in [1.29, 1.82) is 0 Å². The zero-order valence-corrected chi connectivity index (χ0v) is 14.3. The van der Waals surface area contributed by atoms with Gasteiger partial charge in [-0.1, -0.05) is 33.1 Å². The van der Waals surface area contributed by atoms with Gasteiger partial charge >= 0.3 is 0 Å². The van der Waals surface area contributed by atoms with Crippen molar-refractivity contribution in [2.75, 3.05) is 6.54 Å². The molecule has 2 N–H and O–H groups in total. The summed E-state index contributed by atoms with van der Waals surface area (Å²) < 4.78 is 6.62. The molecule has 1 spiro atoms. The maximum Gasteiger partial charge on any atom is 0.0687 e. The summed E-state index contributed by atoms with van der Waals surface area (Å²) in [5, 5.41) is 0. The van der Waals surface area contributed by atoms with Crippen LogP contribution >= 0.6 is 0 Å². The maximum atomic E-state index is 6.62. The van der Waals surface area contributed by atoms with Gasteiger partial charge in [-0.2, -0.15) is 0 Å². The summed E-state index contributed by atoms with van der Waals surface area (Å²) in [7, 11) is 0. The van der Waals surface area contributed by atoms with Crippen LogP contribution in [0.3, 0.4) is 0 Å². The fourth-order valence-corrected chi connectivity index (χ4v) is 5.03. The van der Waals surface area contributed by atoms with E-state index in [1.54, 1.807) is 0 Å². The third kappa shape index (κ3) is 3.47. The van der Waals surface area contributed by atoms with E-state index in [9.17, 15) is 0 Å². The Labute approximate surface area is 131 Å². The molecule has 3 aliphatic rings. The Morgan fingerprint density at radius 1 is 0.905 bits per heavy atom. The summed E-state index contributed by atoms with van der Waals surface area (Å²) in [6, 6.07) is 0. The monoisotopic (exact) mass is 293 g/mol. The maximum absolute atomic E-state index is 6.62. The SMILES string of the molecule is CC1(C)CCC(CN)(CC2CCC3(CCCCC3)O2)CC1. The molecule has 2 nitrogen and oxygen atoms in total. The summed E-state index contributed by atoms with van der Waals surface area (Å²) in [6.07, 6.45) is 16.4. The predicted octanol–water partition coefficient (Wildman–Crippen LogP) is 4.80. The fourth-order valence-electron chi connectivity index (χ4n) is 5.03. The molecule has 0 aromatic rings. The summed E-state index contributed by atoms with van der Waals surface area (Å²) in [4.78, 5) is 0. The quantitative estimate of drug-likeness (QED) is 0.811. The van der Waals surface area contributed by atoms with Crippen molar-refractivity contribution >= 4 is 0 Å². The largest absolute Gasteiger partial charge is 0.372 e. The van der Waals surface area contributed by atoms with Crippen molar-refractivity contribution in [2.45, 2.75) is 103 Å². The standard InChI is InChI=1S/C19H35NO/c1-17(2)10-12-18(15-20,13-11-17)14-16-6-9-19(21-16)7-4-3-5-8-19/h16H,3-15,20H2,1-2H3.